The van der Waals surface area contributed by atoms with E-state index in [9.17, 15) is 0 Å². The summed E-state index contributed by atoms with van der Waals surface area (Å²) in [6.45, 7) is 8.72. The molecule has 1 aliphatic rings. The third kappa shape index (κ3) is 2.90. The summed E-state index contributed by atoms with van der Waals surface area (Å²) in [6.07, 6.45) is 5.04. The van der Waals surface area contributed by atoms with Crippen LogP contribution in [0.5, 0.6) is 0 Å². The number of aryl methyl sites for hydroxylation is 1. The van der Waals surface area contributed by atoms with E-state index in [0.29, 0.717) is 5.15 Å². The Morgan fingerprint density at radius 2 is 1.86 bits per heavy atom. The molecule has 0 saturated heterocycles. The van der Waals surface area contributed by atoms with Gasteiger partial charge in [0.15, 0.2) is 11.0 Å². The standard InChI is InChI=1S/C12H13ClN6.C2H6/c1-3-19-11(8-4-14-7(2)15-5-8)18-9-10(13)16-6-17-12(9)19;1-2/h4-6,11,18H,3H2,1-2H3;1-2H3. The zero-order valence-corrected chi connectivity index (χ0v) is 13.4. The molecule has 6 nitrogen and oxygen atoms in total. The van der Waals surface area contributed by atoms with Gasteiger partial charge in [0.25, 0.3) is 0 Å². The molecule has 3 heterocycles. The molecule has 112 valence electrons. The van der Waals surface area contributed by atoms with E-state index in [1.54, 1.807) is 0 Å². The normalized spacial score (nSPS) is 15.9. The van der Waals surface area contributed by atoms with E-state index in [-0.39, 0.29) is 6.17 Å². The van der Waals surface area contributed by atoms with E-state index in [0.717, 1.165) is 29.4 Å². The van der Waals surface area contributed by atoms with Crippen LogP contribution >= 0.6 is 11.6 Å². The lowest BCUT2D eigenvalue weighted by molar-refractivity contribution is 0.717. The third-order valence-corrected chi connectivity index (χ3v) is 3.39. The summed E-state index contributed by atoms with van der Waals surface area (Å²) in [4.78, 5) is 18.9. The molecular formula is C14H19ClN6. The second-order valence-electron chi connectivity index (χ2n) is 4.26. The van der Waals surface area contributed by atoms with Crippen molar-refractivity contribution >= 4 is 23.1 Å². The van der Waals surface area contributed by atoms with Crippen molar-refractivity contribution < 1.29 is 0 Å². The minimum Gasteiger partial charge on any atom is -0.356 e. The van der Waals surface area contributed by atoms with Gasteiger partial charge in [-0.2, -0.15) is 0 Å². The Morgan fingerprint density at radius 3 is 2.48 bits per heavy atom. The fourth-order valence-corrected chi connectivity index (χ4v) is 2.36. The zero-order chi connectivity index (χ0) is 15.4. The molecule has 1 unspecified atom stereocenters. The van der Waals surface area contributed by atoms with E-state index in [4.69, 9.17) is 11.6 Å². The van der Waals surface area contributed by atoms with Gasteiger partial charge in [-0.05, 0) is 13.8 Å². The summed E-state index contributed by atoms with van der Waals surface area (Å²) in [5.74, 6) is 1.56. The van der Waals surface area contributed by atoms with E-state index < -0.39 is 0 Å². The van der Waals surface area contributed by atoms with Crippen molar-refractivity contribution in [1.82, 2.24) is 19.9 Å². The highest BCUT2D eigenvalue weighted by Crippen LogP contribution is 2.41. The Morgan fingerprint density at radius 1 is 1.19 bits per heavy atom. The summed E-state index contributed by atoms with van der Waals surface area (Å²) < 4.78 is 0. The minimum atomic E-state index is -0.0604. The van der Waals surface area contributed by atoms with Gasteiger partial charge in [0.05, 0.1) is 0 Å². The Balaban J connectivity index is 0.000000774. The van der Waals surface area contributed by atoms with Crippen LogP contribution in [-0.4, -0.2) is 26.5 Å². The maximum absolute atomic E-state index is 6.10. The molecule has 2 aromatic heterocycles. The van der Waals surface area contributed by atoms with Crippen LogP contribution in [-0.2, 0) is 0 Å². The molecule has 1 aliphatic heterocycles. The summed E-state index contributed by atoms with van der Waals surface area (Å²) in [7, 11) is 0. The van der Waals surface area contributed by atoms with Crippen molar-refractivity contribution in [2.24, 2.45) is 0 Å². The monoisotopic (exact) mass is 306 g/mol. The first-order valence-corrected chi connectivity index (χ1v) is 7.40. The Hall–Kier alpha value is -1.95. The minimum absolute atomic E-state index is 0.0604. The summed E-state index contributed by atoms with van der Waals surface area (Å²) in [6, 6.07) is 0. The predicted octanol–water partition coefficient (Wildman–Crippen LogP) is 3.21. The number of anilines is 2. The van der Waals surface area contributed by atoms with Gasteiger partial charge in [0.2, 0.25) is 0 Å². The number of hydrogen-bond donors (Lipinski definition) is 1. The molecule has 21 heavy (non-hydrogen) atoms. The molecular weight excluding hydrogens is 288 g/mol. The lowest BCUT2D eigenvalue weighted by atomic mass is 10.2. The topological polar surface area (TPSA) is 66.8 Å². The molecule has 1 N–H and O–H groups in total. The highest BCUT2D eigenvalue weighted by molar-refractivity contribution is 6.32. The molecule has 0 saturated carbocycles. The van der Waals surface area contributed by atoms with Crippen LogP contribution in [0, 0.1) is 6.92 Å². The van der Waals surface area contributed by atoms with Gasteiger partial charge < -0.3 is 10.2 Å². The fraction of sp³-hybridized carbons (Fsp3) is 0.429. The van der Waals surface area contributed by atoms with Crippen LogP contribution in [0.25, 0.3) is 0 Å². The lowest BCUT2D eigenvalue weighted by Gasteiger charge is -2.24. The van der Waals surface area contributed by atoms with Crippen molar-refractivity contribution in [3.05, 3.63) is 35.3 Å². The second-order valence-corrected chi connectivity index (χ2v) is 4.62. The van der Waals surface area contributed by atoms with E-state index in [2.05, 4.69) is 37.1 Å². The number of rotatable bonds is 2. The first kappa shape index (κ1) is 15.4. The highest BCUT2D eigenvalue weighted by Gasteiger charge is 2.32. The molecule has 7 heteroatoms. The molecule has 3 rings (SSSR count). The third-order valence-electron chi connectivity index (χ3n) is 3.10. The molecule has 0 bridgehead atoms. The average Bonchev–Trinajstić information content (AvgIpc) is 2.90. The molecule has 2 aromatic rings. The van der Waals surface area contributed by atoms with Gasteiger partial charge >= 0.3 is 0 Å². The number of hydrogen-bond acceptors (Lipinski definition) is 6. The van der Waals surface area contributed by atoms with Crippen molar-refractivity contribution in [2.45, 2.75) is 33.9 Å². The van der Waals surface area contributed by atoms with Gasteiger partial charge in [-0.3, -0.25) is 0 Å². The van der Waals surface area contributed by atoms with E-state index in [1.807, 2.05) is 33.2 Å². The van der Waals surface area contributed by atoms with Crippen LogP contribution in [0.3, 0.4) is 0 Å². The predicted molar refractivity (Wildman–Crippen MR) is 84.5 cm³/mol. The molecule has 0 spiro atoms. The van der Waals surface area contributed by atoms with E-state index in [1.165, 1.54) is 6.33 Å². The quantitative estimate of drug-likeness (QED) is 0.859. The van der Waals surface area contributed by atoms with Gasteiger partial charge in [0.1, 0.15) is 24.0 Å². The van der Waals surface area contributed by atoms with Crippen LogP contribution in [0.4, 0.5) is 11.5 Å². The van der Waals surface area contributed by atoms with Gasteiger partial charge in [-0.1, -0.05) is 25.4 Å². The summed E-state index contributed by atoms with van der Waals surface area (Å²) >= 11 is 6.10. The van der Waals surface area contributed by atoms with Crippen molar-refractivity contribution in [1.29, 1.82) is 0 Å². The largest absolute Gasteiger partial charge is 0.356 e. The van der Waals surface area contributed by atoms with Crippen molar-refractivity contribution in [3.63, 3.8) is 0 Å². The van der Waals surface area contributed by atoms with Gasteiger partial charge in [0, 0.05) is 24.5 Å². The SMILES string of the molecule is CC.CCN1c2ncnc(Cl)c2NC1c1cnc(C)nc1. The van der Waals surface area contributed by atoms with Crippen LogP contribution < -0.4 is 10.2 Å². The average molecular weight is 307 g/mol. The van der Waals surface area contributed by atoms with Crippen LogP contribution in [0.15, 0.2) is 18.7 Å². The number of nitrogens with zero attached hydrogens (tertiary/aromatic N) is 5. The van der Waals surface area contributed by atoms with Crippen LogP contribution in [0.1, 0.15) is 38.3 Å². The molecule has 1 atom stereocenters. The fourth-order valence-electron chi connectivity index (χ4n) is 2.17. The Bertz CT molecular complexity index is 601. The van der Waals surface area contributed by atoms with Crippen LogP contribution in [0.2, 0.25) is 5.15 Å². The first-order chi connectivity index (χ1) is 10.2. The molecule has 0 radical (unpaired) electrons. The lowest BCUT2D eigenvalue weighted by Crippen LogP contribution is -2.28. The van der Waals surface area contributed by atoms with Gasteiger partial charge in [-0.15, -0.1) is 0 Å². The molecule has 0 aliphatic carbocycles. The summed E-state index contributed by atoms with van der Waals surface area (Å²) in [5.41, 5.74) is 1.73. The van der Waals surface area contributed by atoms with Crippen molar-refractivity contribution in [3.8, 4) is 0 Å². The smallest absolute Gasteiger partial charge is 0.159 e. The molecule has 0 aromatic carbocycles. The first-order valence-electron chi connectivity index (χ1n) is 7.03. The second kappa shape index (κ2) is 6.67. The molecule has 0 fully saturated rings. The zero-order valence-electron chi connectivity index (χ0n) is 12.6. The Labute approximate surface area is 129 Å². The summed E-state index contributed by atoms with van der Waals surface area (Å²) in [5, 5.41) is 3.76. The molecule has 0 amide bonds. The number of halogens is 1. The van der Waals surface area contributed by atoms with E-state index >= 15 is 0 Å². The maximum Gasteiger partial charge on any atom is 0.159 e. The highest BCUT2D eigenvalue weighted by atomic mass is 35.5. The number of fused-ring (bicyclic) bond motifs is 1. The Kier molecular flexibility index (Phi) is 4.90. The number of aromatic nitrogens is 4. The van der Waals surface area contributed by atoms with Crippen molar-refractivity contribution in [2.75, 3.05) is 16.8 Å². The number of nitrogens with one attached hydrogen (secondary N) is 1. The maximum atomic E-state index is 6.10. The van der Waals surface area contributed by atoms with Gasteiger partial charge in [-0.25, -0.2) is 19.9 Å².